The van der Waals surface area contributed by atoms with E-state index in [1.54, 1.807) is 0 Å². The van der Waals surface area contributed by atoms with E-state index in [-0.39, 0.29) is 0 Å². The minimum absolute atomic E-state index is 0.399. The first kappa shape index (κ1) is 15.7. The summed E-state index contributed by atoms with van der Waals surface area (Å²) in [7, 11) is -1.40. The summed E-state index contributed by atoms with van der Waals surface area (Å²) in [6.45, 7) is 4.73. The van der Waals surface area contributed by atoms with Gasteiger partial charge in [0.05, 0.1) is 14.2 Å². The van der Waals surface area contributed by atoms with Gasteiger partial charge in [-0.15, -0.1) is 0 Å². The number of hydrogen-bond donors (Lipinski definition) is 1. The first-order valence-corrected chi connectivity index (χ1v) is 10.8. The van der Waals surface area contributed by atoms with Crippen LogP contribution in [-0.4, -0.2) is 13.2 Å². The topological polar surface area (TPSA) is 20.2 Å². The third-order valence-corrected chi connectivity index (χ3v) is 6.07. The summed E-state index contributed by atoms with van der Waals surface area (Å²) in [4.78, 5) is 0. The SMILES string of the molecule is C[Si](C)(/C=C\CC(O)c1ccccc1)Cc1ccccc1. The maximum Gasteiger partial charge on any atom is 0.0824 e. The molecule has 2 rings (SSSR count). The van der Waals surface area contributed by atoms with Crippen molar-refractivity contribution in [2.75, 3.05) is 0 Å². The van der Waals surface area contributed by atoms with Crippen molar-refractivity contribution in [1.82, 2.24) is 0 Å². The van der Waals surface area contributed by atoms with Crippen molar-refractivity contribution in [2.24, 2.45) is 0 Å². The second-order valence-electron chi connectivity index (χ2n) is 6.22. The molecule has 0 saturated carbocycles. The van der Waals surface area contributed by atoms with Crippen LogP contribution in [0.25, 0.3) is 0 Å². The van der Waals surface area contributed by atoms with Crippen LogP contribution in [-0.2, 0) is 6.04 Å². The lowest BCUT2D eigenvalue weighted by Gasteiger charge is -2.18. The van der Waals surface area contributed by atoms with Crippen LogP contribution in [0.5, 0.6) is 0 Å². The van der Waals surface area contributed by atoms with Gasteiger partial charge in [-0.1, -0.05) is 91.1 Å². The maximum atomic E-state index is 10.2. The van der Waals surface area contributed by atoms with Crippen LogP contribution >= 0.6 is 0 Å². The van der Waals surface area contributed by atoms with E-state index in [4.69, 9.17) is 0 Å². The van der Waals surface area contributed by atoms with E-state index in [0.717, 1.165) is 11.6 Å². The first-order chi connectivity index (χ1) is 10.1. The normalized spacial score (nSPS) is 13.5. The zero-order valence-corrected chi connectivity index (χ0v) is 13.9. The fourth-order valence-corrected chi connectivity index (χ4v) is 4.69. The number of hydrogen-bond acceptors (Lipinski definition) is 1. The fourth-order valence-electron chi connectivity index (χ4n) is 2.51. The van der Waals surface area contributed by atoms with Crippen molar-refractivity contribution in [1.29, 1.82) is 0 Å². The van der Waals surface area contributed by atoms with Gasteiger partial charge in [0.25, 0.3) is 0 Å². The zero-order chi connectivity index (χ0) is 15.1. The number of rotatable bonds is 6. The van der Waals surface area contributed by atoms with Crippen molar-refractivity contribution >= 4 is 8.07 Å². The van der Waals surface area contributed by atoms with Crippen LogP contribution in [0.3, 0.4) is 0 Å². The minimum atomic E-state index is -1.40. The van der Waals surface area contributed by atoms with Gasteiger partial charge in [-0.05, 0) is 18.0 Å². The molecule has 0 aliphatic rings. The molecule has 0 aliphatic carbocycles. The highest BCUT2D eigenvalue weighted by Gasteiger charge is 2.17. The molecule has 21 heavy (non-hydrogen) atoms. The van der Waals surface area contributed by atoms with Gasteiger partial charge >= 0.3 is 0 Å². The lowest BCUT2D eigenvalue weighted by Crippen LogP contribution is -2.26. The lowest BCUT2D eigenvalue weighted by molar-refractivity contribution is 0.181. The standard InChI is InChI=1S/C19H24OSi/c1-21(2,16-17-10-5-3-6-11-17)15-9-14-19(20)18-12-7-4-8-13-18/h3-13,15,19-20H,14,16H2,1-2H3/b15-9-. The molecule has 0 amide bonds. The highest BCUT2D eigenvalue weighted by Crippen LogP contribution is 2.18. The van der Waals surface area contributed by atoms with Crippen molar-refractivity contribution < 1.29 is 5.11 Å². The van der Waals surface area contributed by atoms with Gasteiger partial charge in [-0.2, -0.15) is 0 Å². The molecule has 1 nitrogen and oxygen atoms in total. The van der Waals surface area contributed by atoms with E-state index in [0.29, 0.717) is 6.42 Å². The Kier molecular flexibility index (Phi) is 5.54. The Morgan fingerprint density at radius 2 is 1.52 bits per heavy atom. The van der Waals surface area contributed by atoms with Gasteiger partial charge in [-0.3, -0.25) is 0 Å². The number of aliphatic hydroxyl groups is 1. The molecule has 1 N–H and O–H groups in total. The van der Waals surface area contributed by atoms with Crippen LogP contribution < -0.4 is 0 Å². The highest BCUT2D eigenvalue weighted by atomic mass is 28.3. The summed E-state index contributed by atoms with van der Waals surface area (Å²) < 4.78 is 0. The maximum absolute atomic E-state index is 10.2. The van der Waals surface area contributed by atoms with Gasteiger partial charge < -0.3 is 5.11 Å². The second kappa shape index (κ2) is 7.39. The molecule has 0 bridgehead atoms. The predicted octanol–water partition coefficient (Wildman–Crippen LogP) is 4.70. The third-order valence-electron chi connectivity index (χ3n) is 3.62. The summed E-state index contributed by atoms with van der Waals surface area (Å²) in [6, 6.07) is 21.7. The van der Waals surface area contributed by atoms with E-state index in [1.165, 1.54) is 5.56 Å². The predicted molar refractivity (Wildman–Crippen MR) is 92.8 cm³/mol. The quantitative estimate of drug-likeness (QED) is 0.766. The average Bonchev–Trinajstić information content (AvgIpc) is 2.48. The molecular formula is C19H24OSi. The number of aliphatic hydroxyl groups excluding tert-OH is 1. The van der Waals surface area contributed by atoms with Crippen molar-refractivity contribution in [3.63, 3.8) is 0 Å². The molecule has 0 saturated heterocycles. The molecule has 110 valence electrons. The van der Waals surface area contributed by atoms with Crippen LogP contribution in [0.15, 0.2) is 72.4 Å². The van der Waals surface area contributed by atoms with Gasteiger partial charge in [-0.25, -0.2) is 0 Å². The Morgan fingerprint density at radius 3 is 2.14 bits per heavy atom. The second-order valence-corrected chi connectivity index (χ2v) is 10.9. The third kappa shape index (κ3) is 5.33. The summed E-state index contributed by atoms with van der Waals surface area (Å²) in [5.41, 5.74) is 4.75. The zero-order valence-electron chi connectivity index (χ0n) is 12.9. The summed E-state index contributed by atoms with van der Waals surface area (Å²) in [5.74, 6) is 0. The molecular weight excluding hydrogens is 272 g/mol. The van der Waals surface area contributed by atoms with E-state index in [2.05, 4.69) is 55.2 Å². The molecule has 1 unspecified atom stereocenters. The minimum Gasteiger partial charge on any atom is -0.388 e. The van der Waals surface area contributed by atoms with Gasteiger partial charge in [0.2, 0.25) is 0 Å². The Balaban J connectivity index is 1.91. The summed E-state index contributed by atoms with van der Waals surface area (Å²) in [6.07, 6.45) is 2.45. The van der Waals surface area contributed by atoms with E-state index >= 15 is 0 Å². The van der Waals surface area contributed by atoms with E-state index in [9.17, 15) is 5.11 Å². The average molecular weight is 296 g/mol. The first-order valence-electron chi connectivity index (χ1n) is 7.51. The Labute approximate surface area is 129 Å². The van der Waals surface area contributed by atoms with Crippen molar-refractivity contribution in [2.45, 2.75) is 31.7 Å². The summed E-state index contributed by atoms with van der Waals surface area (Å²) in [5, 5.41) is 10.2. The molecule has 0 fully saturated rings. The Morgan fingerprint density at radius 1 is 0.952 bits per heavy atom. The molecule has 0 heterocycles. The molecule has 0 aliphatic heterocycles. The van der Waals surface area contributed by atoms with E-state index < -0.39 is 14.2 Å². The Hall–Kier alpha value is -1.64. The molecule has 0 radical (unpaired) electrons. The van der Waals surface area contributed by atoms with Gasteiger partial charge in [0.15, 0.2) is 0 Å². The summed E-state index contributed by atoms with van der Waals surface area (Å²) >= 11 is 0. The molecule has 1 atom stereocenters. The Bertz CT molecular complexity index is 561. The van der Waals surface area contributed by atoms with E-state index in [1.807, 2.05) is 30.3 Å². The number of benzene rings is 2. The lowest BCUT2D eigenvalue weighted by atomic mass is 10.1. The highest BCUT2D eigenvalue weighted by molar-refractivity contribution is 6.81. The van der Waals surface area contributed by atoms with Crippen LogP contribution in [0.1, 0.15) is 23.7 Å². The fraction of sp³-hybridized carbons (Fsp3) is 0.263. The monoisotopic (exact) mass is 296 g/mol. The van der Waals surface area contributed by atoms with Gasteiger partial charge in [0, 0.05) is 0 Å². The molecule has 2 heteroatoms. The smallest absolute Gasteiger partial charge is 0.0824 e. The molecule has 2 aromatic rings. The largest absolute Gasteiger partial charge is 0.388 e. The van der Waals surface area contributed by atoms with Gasteiger partial charge in [0.1, 0.15) is 0 Å². The molecule has 2 aromatic carbocycles. The van der Waals surface area contributed by atoms with Crippen LogP contribution in [0.4, 0.5) is 0 Å². The van der Waals surface area contributed by atoms with Crippen LogP contribution in [0, 0.1) is 0 Å². The van der Waals surface area contributed by atoms with Crippen LogP contribution in [0.2, 0.25) is 13.1 Å². The molecule has 0 aromatic heterocycles. The molecule has 0 spiro atoms. The van der Waals surface area contributed by atoms with Crippen molar-refractivity contribution in [3.8, 4) is 0 Å². The van der Waals surface area contributed by atoms with Crippen molar-refractivity contribution in [3.05, 3.63) is 83.6 Å².